The van der Waals surface area contributed by atoms with Gasteiger partial charge in [0.2, 0.25) is 0 Å². The molecule has 24 heavy (non-hydrogen) atoms. The molecule has 3 N–H and O–H groups in total. The van der Waals surface area contributed by atoms with Crippen LogP contribution in [0.5, 0.6) is 5.75 Å². The number of ether oxygens (including phenoxy) is 1. The Bertz CT molecular complexity index is 739. The van der Waals surface area contributed by atoms with Crippen LogP contribution in [0.25, 0.3) is 10.8 Å². The fraction of sp³-hybridized carbons (Fsp3) is 0.294. The minimum absolute atomic E-state index is 0.0963. The van der Waals surface area contributed by atoms with Crippen molar-refractivity contribution in [1.82, 2.24) is 16.2 Å². The monoisotopic (exact) mass is 409 g/mol. The van der Waals surface area contributed by atoms with Gasteiger partial charge in [0.05, 0.1) is 0 Å². The molecular weight excluding hydrogens is 390 g/mol. The van der Waals surface area contributed by atoms with Crippen LogP contribution in [-0.4, -0.2) is 23.7 Å². The Labute approximate surface area is 155 Å². The second kappa shape index (κ2) is 8.84. The molecular formula is C17H20BrN3O2S. The SMILES string of the molecule is CCC(C)NC(=S)NNC(=O)COc1ccc2cc(Br)ccc2c1. The van der Waals surface area contributed by atoms with Crippen LogP contribution in [0.2, 0.25) is 0 Å². The van der Waals surface area contributed by atoms with Gasteiger partial charge < -0.3 is 10.1 Å². The lowest BCUT2D eigenvalue weighted by Crippen LogP contribution is -2.50. The van der Waals surface area contributed by atoms with Crippen molar-refractivity contribution in [3.8, 4) is 5.75 Å². The number of amides is 1. The summed E-state index contributed by atoms with van der Waals surface area (Å²) in [4.78, 5) is 11.8. The summed E-state index contributed by atoms with van der Waals surface area (Å²) in [7, 11) is 0. The summed E-state index contributed by atoms with van der Waals surface area (Å²) in [5, 5.41) is 5.58. The molecule has 0 aliphatic rings. The van der Waals surface area contributed by atoms with Crippen LogP contribution < -0.4 is 20.9 Å². The molecule has 0 aromatic heterocycles. The van der Waals surface area contributed by atoms with Gasteiger partial charge in [-0.25, -0.2) is 0 Å². The molecule has 1 atom stereocenters. The number of fused-ring (bicyclic) bond motifs is 1. The average Bonchev–Trinajstić information content (AvgIpc) is 2.57. The number of hydrogen-bond acceptors (Lipinski definition) is 3. The van der Waals surface area contributed by atoms with Crippen molar-refractivity contribution in [2.24, 2.45) is 0 Å². The third-order valence-electron chi connectivity index (χ3n) is 3.45. The highest BCUT2D eigenvalue weighted by atomic mass is 79.9. The minimum atomic E-state index is -0.306. The average molecular weight is 410 g/mol. The van der Waals surface area contributed by atoms with Gasteiger partial charge >= 0.3 is 0 Å². The summed E-state index contributed by atoms with van der Waals surface area (Å²) in [5.41, 5.74) is 5.16. The quantitative estimate of drug-likeness (QED) is 0.522. The van der Waals surface area contributed by atoms with Gasteiger partial charge in [0.25, 0.3) is 5.91 Å². The predicted molar refractivity (Wildman–Crippen MR) is 104 cm³/mol. The first-order valence-corrected chi connectivity index (χ1v) is 8.85. The summed E-state index contributed by atoms with van der Waals surface area (Å²) in [5.74, 6) is 0.333. The molecule has 2 aromatic rings. The van der Waals surface area contributed by atoms with Gasteiger partial charge in [-0.15, -0.1) is 0 Å². The normalized spacial score (nSPS) is 11.6. The van der Waals surface area contributed by atoms with Crippen molar-refractivity contribution in [3.05, 3.63) is 40.9 Å². The number of benzene rings is 2. The lowest BCUT2D eigenvalue weighted by molar-refractivity contribution is -0.123. The third kappa shape index (κ3) is 5.65. The summed E-state index contributed by atoms with van der Waals surface area (Å²) in [6, 6.07) is 11.9. The van der Waals surface area contributed by atoms with E-state index in [0.29, 0.717) is 10.9 Å². The van der Waals surface area contributed by atoms with E-state index in [2.05, 4.69) is 39.0 Å². The number of nitrogens with one attached hydrogen (secondary N) is 3. The number of hydrazine groups is 1. The summed E-state index contributed by atoms with van der Waals surface area (Å²) in [6.45, 7) is 3.97. The number of hydrogen-bond donors (Lipinski definition) is 3. The van der Waals surface area contributed by atoms with E-state index < -0.39 is 0 Å². The molecule has 1 unspecified atom stereocenters. The van der Waals surface area contributed by atoms with E-state index in [-0.39, 0.29) is 18.6 Å². The smallest absolute Gasteiger partial charge is 0.276 e. The molecule has 0 aliphatic carbocycles. The molecule has 0 aliphatic heterocycles. The predicted octanol–water partition coefficient (Wildman–Crippen LogP) is 3.27. The molecule has 0 radical (unpaired) electrons. The fourth-order valence-corrected chi connectivity index (χ4v) is 2.59. The maximum Gasteiger partial charge on any atom is 0.276 e. The van der Waals surface area contributed by atoms with Gasteiger partial charge in [-0.1, -0.05) is 35.0 Å². The van der Waals surface area contributed by atoms with Crippen molar-refractivity contribution in [2.75, 3.05) is 6.61 Å². The van der Waals surface area contributed by atoms with Crippen molar-refractivity contribution in [2.45, 2.75) is 26.3 Å². The largest absolute Gasteiger partial charge is 0.484 e. The van der Waals surface area contributed by atoms with Crippen molar-refractivity contribution >= 4 is 49.9 Å². The zero-order valence-corrected chi connectivity index (χ0v) is 16.0. The van der Waals surface area contributed by atoms with Gasteiger partial charge in [0.1, 0.15) is 5.75 Å². The Morgan fingerprint density at radius 2 is 1.92 bits per heavy atom. The van der Waals surface area contributed by atoms with Crippen molar-refractivity contribution in [1.29, 1.82) is 0 Å². The van der Waals surface area contributed by atoms with Gasteiger partial charge in [-0.05, 0) is 60.6 Å². The van der Waals surface area contributed by atoms with Crippen LogP contribution >= 0.6 is 28.1 Å². The molecule has 0 fully saturated rings. The molecule has 5 nitrogen and oxygen atoms in total. The van der Waals surface area contributed by atoms with Gasteiger partial charge in [0.15, 0.2) is 11.7 Å². The molecule has 7 heteroatoms. The van der Waals surface area contributed by atoms with E-state index in [4.69, 9.17) is 17.0 Å². The molecule has 0 spiro atoms. The van der Waals surface area contributed by atoms with Crippen LogP contribution in [0.4, 0.5) is 0 Å². The van der Waals surface area contributed by atoms with Gasteiger partial charge in [-0.3, -0.25) is 15.6 Å². The number of carbonyl (C=O) groups is 1. The molecule has 0 saturated carbocycles. The van der Waals surface area contributed by atoms with Crippen LogP contribution in [0.1, 0.15) is 20.3 Å². The Hall–Kier alpha value is -1.86. The highest BCUT2D eigenvalue weighted by Crippen LogP contribution is 2.24. The van der Waals surface area contributed by atoms with E-state index in [9.17, 15) is 4.79 Å². The third-order valence-corrected chi connectivity index (χ3v) is 4.16. The number of rotatable bonds is 5. The van der Waals surface area contributed by atoms with E-state index >= 15 is 0 Å². The lowest BCUT2D eigenvalue weighted by Gasteiger charge is -2.15. The highest BCUT2D eigenvalue weighted by Gasteiger charge is 2.06. The minimum Gasteiger partial charge on any atom is -0.484 e. The number of thiocarbonyl (C=S) groups is 1. The lowest BCUT2D eigenvalue weighted by atomic mass is 10.1. The van der Waals surface area contributed by atoms with Crippen LogP contribution in [0, 0.1) is 0 Å². The van der Waals surface area contributed by atoms with Crippen LogP contribution in [-0.2, 0) is 4.79 Å². The number of carbonyl (C=O) groups excluding carboxylic acids is 1. The first-order valence-electron chi connectivity index (χ1n) is 7.65. The van der Waals surface area contributed by atoms with Crippen LogP contribution in [0.15, 0.2) is 40.9 Å². The van der Waals surface area contributed by atoms with E-state index in [0.717, 1.165) is 21.7 Å². The van der Waals surface area contributed by atoms with E-state index in [1.54, 1.807) is 0 Å². The van der Waals surface area contributed by atoms with E-state index in [1.165, 1.54) is 0 Å². The summed E-state index contributed by atoms with van der Waals surface area (Å²) < 4.78 is 6.54. The first-order chi connectivity index (χ1) is 11.5. The van der Waals surface area contributed by atoms with Crippen LogP contribution in [0.3, 0.4) is 0 Å². The zero-order valence-electron chi connectivity index (χ0n) is 13.6. The second-order valence-corrected chi connectivity index (χ2v) is 6.72. The standard InChI is InChI=1S/C17H20BrN3O2S/c1-3-11(2)19-17(24)21-20-16(22)10-23-15-7-5-12-8-14(18)6-4-13(12)9-15/h4-9,11H,3,10H2,1-2H3,(H,20,22)(H2,19,21,24). The molecule has 2 rings (SSSR count). The van der Waals surface area contributed by atoms with Gasteiger partial charge in [0, 0.05) is 10.5 Å². The summed E-state index contributed by atoms with van der Waals surface area (Å²) >= 11 is 8.52. The van der Waals surface area contributed by atoms with Gasteiger partial charge in [-0.2, -0.15) is 0 Å². The zero-order chi connectivity index (χ0) is 17.5. The topological polar surface area (TPSA) is 62.4 Å². The highest BCUT2D eigenvalue weighted by molar-refractivity contribution is 9.10. The maximum absolute atomic E-state index is 11.8. The van der Waals surface area contributed by atoms with E-state index in [1.807, 2.05) is 43.3 Å². The molecule has 0 saturated heterocycles. The van der Waals surface area contributed by atoms with Crippen molar-refractivity contribution < 1.29 is 9.53 Å². The fourth-order valence-electron chi connectivity index (χ4n) is 1.96. The number of halogens is 1. The second-order valence-electron chi connectivity index (χ2n) is 5.40. The molecule has 0 bridgehead atoms. The van der Waals surface area contributed by atoms with Crippen molar-refractivity contribution in [3.63, 3.8) is 0 Å². The Morgan fingerprint density at radius 3 is 2.67 bits per heavy atom. The first kappa shape index (κ1) is 18.5. The molecule has 2 aromatic carbocycles. The Kier molecular flexibility index (Phi) is 6.81. The molecule has 128 valence electrons. The summed E-state index contributed by atoms with van der Waals surface area (Å²) in [6.07, 6.45) is 0.942. The molecule has 1 amide bonds. The Morgan fingerprint density at radius 1 is 1.21 bits per heavy atom. The molecule has 0 heterocycles. The maximum atomic E-state index is 11.8. The Balaban J connectivity index is 1.81.